The summed E-state index contributed by atoms with van der Waals surface area (Å²) in [5, 5.41) is 0. The lowest BCUT2D eigenvalue weighted by Gasteiger charge is -2.08. The van der Waals surface area contributed by atoms with Crippen LogP contribution < -0.4 is 0 Å². The molecule has 0 bridgehead atoms. The molecule has 0 radical (unpaired) electrons. The first-order chi connectivity index (χ1) is 7.63. The highest BCUT2D eigenvalue weighted by atomic mass is 79.9. The topological polar surface area (TPSA) is 35.5 Å². The smallest absolute Gasteiger partial charge is 0.368 e. The molecule has 88 valence electrons. The van der Waals surface area contributed by atoms with E-state index >= 15 is 0 Å². The number of esters is 1. The molecule has 16 heavy (non-hydrogen) atoms. The second kappa shape index (κ2) is 6.60. The van der Waals surface area contributed by atoms with Crippen LogP contribution in [-0.4, -0.2) is 18.9 Å². The maximum atomic E-state index is 13.0. The Morgan fingerprint density at radius 2 is 2.06 bits per heavy atom. The summed E-state index contributed by atoms with van der Waals surface area (Å²) in [4.78, 5) is 10.9. The number of ether oxygens (including phenoxy) is 2. The van der Waals surface area contributed by atoms with E-state index in [0.29, 0.717) is 0 Å². The van der Waals surface area contributed by atoms with Crippen LogP contribution in [0.4, 0.5) is 4.39 Å². The molecule has 1 aromatic rings. The third-order valence-corrected chi connectivity index (χ3v) is 2.31. The fraction of sp³-hybridized carbons (Fsp3) is 0.364. The first kappa shape index (κ1) is 13.1. The first-order valence-corrected chi connectivity index (χ1v) is 5.59. The minimum Gasteiger partial charge on any atom is -0.462 e. The van der Waals surface area contributed by atoms with Crippen molar-refractivity contribution in [2.75, 3.05) is 6.61 Å². The Labute approximate surface area is 102 Å². The number of carbonyl (C=O) groups excluding carboxylic acids is 1. The molecule has 1 rings (SSSR count). The largest absolute Gasteiger partial charge is 0.462 e. The van der Waals surface area contributed by atoms with Crippen LogP contribution in [0.15, 0.2) is 28.7 Å². The molecule has 0 spiro atoms. The molecule has 0 fully saturated rings. The van der Waals surface area contributed by atoms with Crippen molar-refractivity contribution in [1.29, 1.82) is 0 Å². The number of hydrogen-bond acceptors (Lipinski definition) is 3. The lowest BCUT2D eigenvalue weighted by Crippen LogP contribution is -2.21. The highest BCUT2D eigenvalue weighted by Gasteiger charge is 2.18. The van der Waals surface area contributed by atoms with Crippen molar-refractivity contribution in [3.05, 3.63) is 34.3 Å². The molecule has 1 unspecified atom stereocenters. The number of rotatable bonds is 5. The lowest BCUT2D eigenvalue weighted by molar-refractivity contribution is -0.170. The second-order valence-electron chi connectivity index (χ2n) is 3.01. The van der Waals surface area contributed by atoms with Crippen LogP contribution in [0.25, 0.3) is 0 Å². The van der Waals surface area contributed by atoms with Gasteiger partial charge in [0.25, 0.3) is 6.36 Å². The van der Waals surface area contributed by atoms with E-state index in [2.05, 4.69) is 20.7 Å². The van der Waals surface area contributed by atoms with Crippen LogP contribution in [-0.2, 0) is 20.9 Å². The normalized spacial score (nSPS) is 12.2. The number of hydrogen-bond donors (Lipinski definition) is 0. The van der Waals surface area contributed by atoms with Gasteiger partial charge in [0.05, 0.1) is 13.2 Å². The summed E-state index contributed by atoms with van der Waals surface area (Å²) in [6.07, 6.45) is -2.02. The molecule has 0 aliphatic rings. The lowest BCUT2D eigenvalue weighted by atomic mass is 10.2. The van der Waals surface area contributed by atoms with Gasteiger partial charge in [0, 0.05) is 4.47 Å². The minimum atomic E-state index is -2.02. The van der Waals surface area contributed by atoms with Gasteiger partial charge in [0.1, 0.15) is 0 Å². The van der Waals surface area contributed by atoms with Crippen molar-refractivity contribution in [3.8, 4) is 0 Å². The van der Waals surface area contributed by atoms with E-state index in [0.717, 1.165) is 10.0 Å². The van der Waals surface area contributed by atoms with Gasteiger partial charge in [-0.2, -0.15) is 0 Å². The molecular formula is C11H12BrFO3. The van der Waals surface area contributed by atoms with Crippen molar-refractivity contribution < 1.29 is 18.7 Å². The average molecular weight is 291 g/mol. The van der Waals surface area contributed by atoms with Gasteiger partial charge < -0.3 is 9.47 Å². The van der Waals surface area contributed by atoms with Crippen LogP contribution in [0.3, 0.4) is 0 Å². The van der Waals surface area contributed by atoms with E-state index in [1.807, 2.05) is 12.1 Å². The van der Waals surface area contributed by atoms with Gasteiger partial charge in [0.2, 0.25) is 0 Å². The third kappa shape index (κ3) is 4.28. The monoisotopic (exact) mass is 290 g/mol. The molecule has 0 aromatic heterocycles. The zero-order valence-corrected chi connectivity index (χ0v) is 10.4. The van der Waals surface area contributed by atoms with E-state index in [-0.39, 0.29) is 13.2 Å². The number of halogens is 2. The molecule has 0 aliphatic carbocycles. The van der Waals surface area contributed by atoms with Crippen LogP contribution in [0.2, 0.25) is 0 Å². The quantitative estimate of drug-likeness (QED) is 0.783. The van der Waals surface area contributed by atoms with Gasteiger partial charge in [-0.15, -0.1) is 0 Å². The number of benzene rings is 1. The fourth-order valence-corrected chi connectivity index (χ4v) is 1.29. The first-order valence-electron chi connectivity index (χ1n) is 4.80. The molecule has 0 saturated heterocycles. The molecule has 1 atom stereocenters. The summed E-state index contributed by atoms with van der Waals surface area (Å²) in [5.41, 5.74) is 0.787. The van der Waals surface area contributed by atoms with Gasteiger partial charge in [-0.05, 0) is 24.6 Å². The van der Waals surface area contributed by atoms with Crippen molar-refractivity contribution in [1.82, 2.24) is 0 Å². The van der Waals surface area contributed by atoms with E-state index in [4.69, 9.17) is 4.74 Å². The Hall–Kier alpha value is -0.940. The Morgan fingerprint density at radius 3 is 2.62 bits per heavy atom. The maximum absolute atomic E-state index is 13.0. The maximum Gasteiger partial charge on any atom is 0.368 e. The molecule has 1 aromatic carbocycles. The predicted molar refractivity (Wildman–Crippen MR) is 60.5 cm³/mol. The Kier molecular flexibility index (Phi) is 5.42. The SMILES string of the molecule is CCOC(=O)C(F)OCc1ccc(Br)cc1. The number of alkyl halides is 1. The van der Waals surface area contributed by atoms with E-state index in [1.54, 1.807) is 19.1 Å². The van der Waals surface area contributed by atoms with Gasteiger partial charge in [-0.1, -0.05) is 28.1 Å². The zero-order chi connectivity index (χ0) is 12.0. The molecule has 0 aliphatic heterocycles. The van der Waals surface area contributed by atoms with Gasteiger partial charge in [-0.3, -0.25) is 0 Å². The summed E-state index contributed by atoms with van der Waals surface area (Å²) in [6, 6.07) is 7.19. The van der Waals surface area contributed by atoms with Crippen LogP contribution in [0, 0.1) is 0 Å². The summed E-state index contributed by atoms with van der Waals surface area (Å²) in [7, 11) is 0. The molecule has 0 heterocycles. The van der Waals surface area contributed by atoms with Crippen LogP contribution >= 0.6 is 15.9 Å². The number of carbonyl (C=O) groups is 1. The molecule has 3 nitrogen and oxygen atoms in total. The van der Waals surface area contributed by atoms with Crippen molar-refractivity contribution in [2.45, 2.75) is 19.9 Å². The minimum absolute atomic E-state index is 0.0350. The summed E-state index contributed by atoms with van der Waals surface area (Å²) in [5.74, 6) is -0.986. The van der Waals surface area contributed by atoms with Crippen molar-refractivity contribution >= 4 is 21.9 Å². The summed E-state index contributed by atoms with van der Waals surface area (Å²) < 4.78 is 23.2. The van der Waals surface area contributed by atoms with Gasteiger partial charge in [0.15, 0.2) is 0 Å². The van der Waals surface area contributed by atoms with E-state index in [9.17, 15) is 9.18 Å². The molecular weight excluding hydrogens is 279 g/mol. The molecule has 0 saturated carbocycles. The highest BCUT2D eigenvalue weighted by Crippen LogP contribution is 2.12. The van der Waals surface area contributed by atoms with Crippen LogP contribution in [0.1, 0.15) is 12.5 Å². The van der Waals surface area contributed by atoms with E-state index < -0.39 is 12.3 Å². The second-order valence-corrected chi connectivity index (χ2v) is 3.92. The Bertz CT molecular complexity index is 340. The summed E-state index contributed by atoms with van der Waals surface area (Å²) in [6.45, 7) is 1.79. The predicted octanol–water partition coefficient (Wildman–Crippen LogP) is 2.82. The Balaban J connectivity index is 2.39. The van der Waals surface area contributed by atoms with Gasteiger partial charge in [-0.25, -0.2) is 9.18 Å². The molecule has 0 N–H and O–H groups in total. The Morgan fingerprint density at radius 1 is 1.44 bits per heavy atom. The van der Waals surface area contributed by atoms with Crippen molar-refractivity contribution in [2.24, 2.45) is 0 Å². The fourth-order valence-electron chi connectivity index (χ4n) is 1.03. The summed E-state index contributed by atoms with van der Waals surface area (Å²) >= 11 is 3.28. The average Bonchev–Trinajstić information content (AvgIpc) is 2.28. The standard InChI is InChI=1S/C11H12BrFO3/c1-2-15-11(14)10(13)16-7-8-3-5-9(12)6-4-8/h3-6,10H,2,7H2,1H3. The third-order valence-electron chi connectivity index (χ3n) is 1.78. The highest BCUT2D eigenvalue weighted by molar-refractivity contribution is 9.10. The molecule has 0 amide bonds. The zero-order valence-electron chi connectivity index (χ0n) is 8.78. The van der Waals surface area contributed by atoms with Gasteiger partial charge >= 0.3 is 5.97 Å². The molecule has 5 heteroatoms. The van der Waals surface area contributed by atoms with E-state index in [1.165, 1.54) is 0 Å². The van der Waals surface area contributed by atoms with Crippen molar-refractivity contribution in [3.63, 3.8) is 0 Å². The van der Waals surface area contributed by atoms with Crippen LogP contribution in [0.5, 0.6) is 0 Å².